The lowest BCUT2D eigenvalue weighted by atomic mass is 9.93. The minimum absolute atomic E-state index is 0.434. The predicted octanol–water partition coefficient (Wildman–Crippen LogP) is 4.37. The maximum absolute atomic E-state index is 9.84. The molecule has 1 unspecified atom stereocenters. The monoisotopic (exact) mass is 281 g/mol. The van der Waals surface area contributed by atoms with Crippen LogP contribution >= 0.6 is 0 Å². The fourth-order valence-corrected chi connectivity index (χ4v) is 3.25. The van der Waals surface area contributed by atoms with Crippen LogP contribution in [0, 0.1) is 13.8 Å². The molecule has 2 heteroatoms. The van der Waals surface area contributed by atoms with E-state index in [1.807, 2.05) is 13.8 Å². The third kappa shape index (κ3) is 3.05. The van der Waals surface area contributed by atoms with Crippen molar-refractivity contribution in [3.8, 4) is 5.75 Å². The number of fused-ring (bicyclic) bond motifs is 1. The minimum atomic E-state index is 0.434. The number of aromatic hydroxyl groups is 1. The zero-order valence-corrected chi connectivity index (χ0v) is 12.8. The summed E-state index contributed by atoms with van der Waals surface area (Å²) in [6, 6.07) is 13.4. The molecule has 0 saturated carbocycles. The number of para-hydroxylation sites is 1. The van der Waals surface area contributed by atoms with E-state index in [1.54, 1.807) is 0 Å². The predicted molar refractivity (Wildman–Crippen MR) is 88.1 cm³/mol. The van der Waals surface area contributed by atoms with E-state index in [9.17, 15) is 5.11 Å². The molecule has 0 bridgehead atoms. The molecule has 1 aliphatic heterocycles. The summed E-state index contributed by atoms with van der Waals surface area (Å²) in [6.45, 7) is 3.95. The van der Waals surface area contributed by atoms with Gasteiger partial charge in [-0.3, -0.25) is 0 Å². The fourth-order valence-electron chi connectivity index (χ4n) is 3.25. The fraction of sp³-hybridized carbons (Fsp3) is 0.368. The number of benzene rings is 2. The third-order valence-electron chi connectivity index (χ3n) is 4.47. The highest BCUT2D eigenvalue weighted by Gasteiger charge is 2.17. The summed E-state index contributed by atoms with van der Waals surface area (Å²) in [5, 5.41) is 13.5. The zero-order valence-electron chi connectivity index (χ0n) is 12.8. The van der Waals surface area contributed by atoms with Gasteiger partial charge in [0.25, 0.3) is 0 Å². The van der Waals surface area contributed by atoms with Gasteiger partial charge in [0.05, 0.1) is 0 Å². The molecule has 0 aromatic heterocycles. The molecular formula is C19H23NO. The molecule has 2 nitrogen and oxygen atoms in total. The van der Waals surface area contributed by atoms with Crippen LogP contribution in [-0.4, -0.2) is 11.1 Å². The molecule has 0 spiro atoms. The van der Waals surface area contributed by atoms with Gasteiger partial charge < -0.3 is 10.4 Å². The Balaban J connectivity index is 1.64. The maximum Gasteiger partial charge on any atom is 0.121 e. The van der Waals surface area contributed by atoms with Crippen LogP contribution in [0.15, 0.2) is 36.4 Å². The molecule has 3 rings (SSSR count). The molecule has 110 valence electrons. The highest BCUT2D eigenvalue weighted by molar-refractivity contribution is 5.53. The highest BCUT2D eigenvalue weighted by atomic mass is 16.3. The van der Waals surface area contributed by atoms with Crippen LogP contribution in [0.25, 0.3) is 0 Å². The van der Waals surface area contributed by atoms with Gasteiger partial charge in [0, 0.05) is 11.7 Å². The first kappa shape index (κ1) is 14.0. The summed E-state index contributed by atoms with van der Waals surface area (Å²) in [4.78, 5) is 0. The molecule has 0 radical (unpaired) electrons. The summed E-state index contributed by atoms with van der Waals surface area (Å²) in [7, 11) is 0. The average Bonchev–Trinajstić information content (AvgIpc) is 2.50. The van der Waals surface area contributed by atoms with Gasteiger partial charge in [-0.25, -0.2) is 0 Å². The maximum atomic E-state index is 9.84. The van der Waals surface area contributed by atoms with Crippen LogP contribution in [0.4, 0.5) is 5.69 Å². The van der Waals surface area contributed by atoms with Crippen LogP contribution < -0.4 is 5.32 Å². The molecule has 2 aromatic carbocycles. The molecule has 1 atom stereocenters. The second-order valence-corrected chi connectivity index (χ2v) is 6.15. The number of aryl methyl sites for hydroxylation is 4. The SMILES string of the molecule is Cc1cc(CCC2CCc3ccccc3N2)cc(C)c1O. The molecule has 2 N–H and O–H groups in total. The number of phenols is 1. The van der Waals surface area contributed by atoms with E-state index in [0.717, 1.165) is 24.0 Å². The van der Waals surface area contributed by atoms with Crippen molar-refractivity contribution < 1.29 is 5.11 Å². The smallest absolute Gasteiger partial charge is 0.121 e. The van der Waals surface area contributed by atoms with E-state index >= 15 is 0 Å². The Morgan fingerprint density at radius 2 is 1.86 bits per heavy atom. The number of rotatable bonds is 3. The van der Waals surface area contributed by atoms with Crippen LogP contribution in [0.5, 0.6) is 5.75 Å². The van der Waals surface area contributed by atoms with E-state index in [0.29, 0.717) is 11.8 Å². The molecule has 1 heterocycles. The quantitative estimate of drug-likeness (QED) is 0.875. The van der Waals surface area contributed by atoms with E-state index in [-0.39, 0.29) is 0 Å². The van der Waals surface area contributed by atoms with Gasteiger partial charge in [-0.05, 0) is 67.9 Å². The third-order valence-corrected chi connectivity index (χ3v) is 4.47. The number of hydrogen-bond acceptors (Lipinski definition) is 2. The van der Waals surface area contributed by atoms with E-state index < -0.39 is 0 Å². The van der Waals surface area contributed by atoms with Gasteiger partial charge >= 0.3 is 0 Å². The molecule has 0 fully saturated rings. The van der Waals surface area contributed by atoms with E-state index in [2.05, 4.69) is 41.7 Å². The largest absolute Gasteiger partial charge is 0.507 e. The van der Waals surface area contributed by atoms with Crippen molar-refractivity contribution in [2.75, 3.05) is 5.32 Å². The average molecular weight is 281 g/mol. The number of nitrogens with one attached hydrogen (secondary N) is 1. The first-order chi connectivity index (χ1) is 10.1. The standard InChI is InChI=1S/C19H23NO/c1-13-11-15(12-14(2)19(13)21)7-9-17-10-8-16-5-3-4-6-18(16)20-17/h3-6,11-12,17,20-21H,7-10H2,1-2H3. The lowest BCUT2D eigenvalue weighted by Gasteiger charge is -2.27. The lowest BCUT2D eigenvalue weighted by molar-refractivity contribution is 0.466. The highest BCUT2D eigenvalue weighted by Crippen LogP contribution is 2.27. The molecular weight excluding hydrogens is 258 g/mol. The molecule has 21 heavy (non-hydrogen) atoms. The molecule has 0 aliphatic carbocycles. The second-order valence-electron chi connectivity index (χ2n) is 6.15. The van der Waals surface area contributed by atoms with Gasteiger partial charge in [0.2, 0.25) is 0 Å². The van der Waals surface area contributed by atoms with Gasteiger partial charge in [-0.1, -0.05) is 30.3 Å². The molecule has 2 aromatic rings. The Kier molecular flexibility index (Phi) is 3.87. The Hall–Kier alpha value is -1.96. The van der Waals surface area contributed by atoms with Crippen molar-refractivity contribution in [3.05, 3.63) is 58.7 Å². The molecule has 1 aliphatic rings. The van der Waals surface area contributed by atoms with Crippen molar-refractivity contribution in [1.29, 1.82) is 0 Å². The van der Waals surface area contributed by atoms with Gasteiger partial charge in [0.1, 0.15) is 5.75 Å². The summed E-state index contributed by atoms with van der Waals surface area (Å²) >= 11 is 0. The Bertz CT molecular complexity index is 625. The summed E-state index contributed by atoms with van der Waals surface area (Å²) in [6.07, 6.45) is 4.56. The molecule has 0 saturated heterocycles. The van der Waals surface area contributed by atoms with Crippen molar-refractivity contribution in [3.63, 3.8) is 0 Å². The van der Waals surface area contributed by atoms with Crippen molar-refractivity contribution in [1.82, 2.24) is 0 Å². The summed E-state index contributed by atoms with van der Waals surface area (Å²) in [5.41, 5.74) is 6.01. The van der Waals surface area contributed by atoms with Crippen LogP contribution in [0.2, 0.25) is 0 Å². The van der Waals surface area contributed by atoms with Crippen LogP contribution in [0.3, 0.4) is 0 Å². The normalized spacial score (nSPS) is 17.1. The second kappa shape index (κ2) is 5.80. The Morgan fingerprint density at radius 1 is 1.14 bits per heavy atom. The minimum Gasteiger partial charge on any atom is -0.507 e. The van der Waals surface area contributed by atoms with E-state index in [1.165, 1.54) is 29.7 Å². The van der Waals surface area contributed by atoms with Crippen molar-refractivity contribution in [2.45, 2.75) is 45.6 Å². The molecule has 0 amide bonds. The van der Waals surface area contributed by atoms with Crippen molar-refractivity contribution >= 4 is 5.69 Å². The first-order valence-electron chi connectivity index (χ1n) is 7.77. The summed E-state index contributed by atoms with van der Waals surface area (Å²) in [5.74, 6) is 0.434. The number of anilines is 1. The van der Waals surface area contributed by atoms with Crippen LogP contribution in [0.1, 0.15) is 35.1 Å². The van der Waals surface area contributed by atoms with Gasteiger partial charge in [0.15, 0.2) is 0 Å². The lowest BCUT2D eigenvalue weighted by Crippen LogP contribution is -2.25. The number of phenolic OH excluding ortho intramolecular Hbond substituents is 1. The van der Waals surface area contributed by atoms with Gasteiger partial charge in [-0.2, -0.15) is 0 Å². The van der Waals surface area contributed by atoms with Crippen LogP contribution in [-0.2, 0) is 12.8 Å². The van der Waals surface area contributed by atoms with E-state index in [4.69, 9.17) is 0 Å². The Labute approximate surface area is 126 Å². The summed E-state index contributed by atoms with van der Waals surface area (Å²) < 4.78 is 0. The Morgan fingerprint density at radius 3 is 2.62 bits per heavy atom. The number of hydrogen-bond donors (Lipinski definition) is 2. The zero-order chi connectivity index (χ0) is 14.8. The topological polar surface area (TPSA) is 32.3 Å². The van der Waals surface area contributed by atoms with Crippen molar-refractivity contribution in [2.24, 2.45) is 0 Å². The van der Waals surface area contributed by atoms with Gasteiger partial charge in [-0.15, -0.1) is 0 Å². The first-order valence-corrected chi connectivity index (χ1v) is 7.77.